The number of carbonyl (C=O) groups is 1. The molecular weight excluding hydrogens is 392 g/mol. The average molecular weight is 421 g/mol. The fraction of sp³-hybridized carbons (Fsp3) is 0.261. The van der Waals surface area contributed by atoms with E-state index in [4.69, 9.17) is 4.74 Å². The Labute approximate surface area is 182 Å². The van der Waals surface area contributed by atoms with Gasteiger partial charge in [-0.3, -0.25) is 0 Å². The lowest BCUT2D eigenvalue weighted by Gasteiger charge is -2.20. The molecule has 3 rings (SSSR count). The molecule has 0 spiro atoms. The third kappa shape index (κ3) is 6.08. The Balaban J connectivity index is 1.61. The van der Waals surface area contributed by atoms with Crippen LogP contribution >= 0.6 is 0 Å². The summed E-state index contributed by atoms with van der Waals surface area (Å²) in [5.74, 6) is 2.17. The topological polar surface area (TPSA) is 91.4 Å². The highest BCUT2D eigenvalue weighted by Crippen LogP contribution is 2.20. The summed E-state index contributed by atoms with van der Waals surface area (Å²) in [5, 5.41) is 8.83. The zero-order chi connectivity index (χ0) is 22.2. The Morgan fingerprint density at radius 1 is 0.903 bits per heavy atom. The molecule has 1 heterocycles. The van der Waals surface area contributed by atoms with Crippen LogP contribution in [0.1, 0.15) is 19.5 Å². The Kier molecular flexibility index (Phi) is 7.26. The predicted octanol–water partition coefficient (Wildman–Crippen LogP) is 5.03. The van der Waals surface area contributed by atoms with E-state index in [0.717, 1.165) is 36.0 Å². The van der Waals surface area contributed by atoms with Crippen molar-refractivity contribution in [2.75, 3.05) is 41.0 Å². The second-order valence-electron chi connectivity index (χ2n) is 6.87. The standard InChI is InChI=1S/C23H28N6O2/c1-5-29(6-2)21-15-16(3)24-22(28-21)25-17-7-9-18(10-8-17)26-23(30)27-19-11-13-20(31-4)14-12-19/h7-15H,5-6H2,1-4H3,(H,24,25,28)(H2,26,27,30). The Morgan fingerprint density at radius 2 is 1.45 bits per heavy atom. The average Bonchev–Trinajstić information content (AvgIpc) is 2.76. The van der Waals surface area contributed by atoms with E-state index in [2.05, 4.69) is 44.7 Å². The minimum atomic E-state index is -0.322. The Hall–Kier alpha value is -3.81. The van der Waals surface area contributed by atoms with Crippen LogP contribution in [0.4, 0.5) is 33.6 Å². The molecule has 8 heteroatoms. The van der Waals surface area contributed by atoms with Crippen LogP contribution in [-0.4, -0.2) is 36.2 Å². The maximum atomic E-state index is 12.2. The first-order valence-electron chi connectivity index (χ1n) is 10.2. The maximum absolute atomic E-state index is 12.2. The van der Waals surface area contributed by atoms with Crippen molar-refractivity contribution in [1.82, 2.24) is 9.97 Å². The van der Waals surface area contributed by atoms with Crippen LogP contribution in [0, 0.1) is 6.92 Å². The van der Waals surface area contributed by atoms with E-state index in [1.54, 1.807) is 31.4 Å². The molecule has 3 N–H and O–H groups in total. The summed E-state index contributed by atoms with van der Waals surface area (Å²) < 4.78 is 5.11. The van der Waals surface area contributed by atoms with E-state index in [9.17, 15) is 4.79 Å². The lowest BCUT2D eigenvalue weighted by molar-refractivity contribution is 0.262. The number of urea groups is 1. The highest BCUT2D eigenvalue weighted by molar-refractivity contribution is 5.99. The number of hydrogen-bond donors (Lipinski definition) is 3. The number of aryl methyl sites for hydroxylation is 1. The minimum absolute atomic E-state index is 0.322. The van der Waals surface area contributed by atoms with Crippen molar-refractivity contribution in [2.24, 2.45) is 0 Å². The van der Waals surface area contributed by atoms with Crippen LogP contribution < -0.4 is 25.6 Å². The molecule has 0 bridgehead atoms. The number of amides is 2. The molecule has 0 unspecified atom stereocenters. The number of anilines is 5. The van der Waals surface area contributed by atoms with Crippen molar-refractivity contribution in [3.63, 3.8) is 0 Å². The fourth-order valence-corrected chi connectivity index (χ4v) is 3.05. The molecule has 1 aromatic heterocycles. The molecular formula is C23H28N6O2. The van der Waals surface area contributed by atoms with Crippen molar-refractivity contribution >= 4 is 34.9 Å². The van der Waals surface area contributed by atoms with Gasteiger partial charge in [0, 0.05) is 41.9 Å². The van der Waals surface area contributed by atoms with Gasteiger partial charge in [-0.15, -0.1) is 0 Å². The van der Waals surface area contributed by atoms with Crippen molar-refractivity contribution in [2.45, 2.75) is 20.8 Å². The quantitative estimate of drug-likeness (QED) is 0.474. The van der Waals surface area contributed by atoms with Gasteiger partial charge in [0.05, 0.1) is 7.11 Å². The highest BCUT2D eigenvalue weighted by Gasteiger charge is 2.08. The monoisotopic (exact) mass is 420 g/mol. The summed E-state index contributed by atoms with van der Waals surface area (Å²) in [7, 11) is 1.60. The van der Waals surface area contributed by atoms with Crippen LogP contribution in [0.15, 0.2) is 54.6 Å². The number of ether oxygens (including phenoxy) is 1. The number of nitrogens with zero attached hydrogens (tertiary/aromatic N) is 3. The van der Waals surface area contributed by atoms with Crippen molar-refractivity contribution in [3.05, 3.63) is 60.3 Å². The van der Waals surface area contributed by atoms with Gasteiger partial charge in [-0.1, -0.05) is 0 Å². The number of nitrogens with one attached hydrogen (secondary N) is 3. The van der Waals surface area contributed by atoms with Gasteiger partial charge in [-0.05, 0) is 69.3 Å². The maximum Gasteiger partial charge on any atom is 0.323 e. The smallest absolute Gasteiger partial charge is 0.323 e. The molecule has 0 saturated carbocycles. The van der Waals surface area contributed by atoms with Gasteiger partial charge in [0.15, 0.2) is 0 Å². The predicted molar refractivity (Wildman–Crippen MR) is 126 cm³/mol. The van der Waals surface area contributed by atoms with Gasteiger partial charge in [0.2, 0.25) is 5.95 Å². The number of benzene rings is 2. The van der Waals surface area contributed by atoms with E-state index in [1.165, 1.54) is 0 Å². The van der Waals surface area contributed by atoms with Gasteiger partial charge in [-0.25, -0.2) is 9.78 Å². The first-order valence-corrected chi connectivity index (χ1v) is 10.2. The van der Waals surface area contributed by atoms with Crippen molar-refractivity contribution in [1.29, 1.82) is 0 Å². The van der Waals surface area contributed by atoms with Gasteiger partial charge in [0.1, 0.15) is 11.6 Å². The largest absolute Gasteiger partial charge is 0.497 e. The van der Waals surface area contributed by atoms with Crippen LogP contribution in [-0.2, 0) is 0 Å². The highest BCUT2D eigenvalue weighted by atomic mass is 16.5. The molecule has 2 amide bonds. The van der Waals surface area contributed by atoms with Crippen molar-refractivity contribution in [3.8, 4) is 5.75 Å². The molecule has 162 valence electrons. The number of aromatic nitrogens is 2. The molecule has 0 saturated heterocycles. The second kappa shape index (κ2) is 10.3. The lowest BCUT2D eigenvalue weighted by atomic mass is 10.3. The summed E-state index contributed by atoms with van der Waals surface area (Å²) in [6.45, 7) is 7.92. The summed E-state index contributed by atoms with van der Waals surface area (Å²) in [5.41, 5.74) is 3.08. The molecule has 0 atom stereocenters. The lowest BCUT2D eigenvalue weighted by Crippen LogP contribution is -2.23. The van der Waals surface area contributed by atoms with Crippen LogP contribution in [0.3, 0.4) is 0 Å². The van der Waals surface area contributed by atoms with E-state index in [0.29, 0.717) is 17.3 Å². The minimum Gasteiger partial charge on any atom is -0.497 e. The van der Waals surface area contributed by atoms with Gasteiger partial charge in [-0.2, -0.15) is 4.98 Å². The summed E-state index contributed by atoms with van der Waals surface area (Å²) in [6.07, 6.45) is 0. The first kappa shape index (κ1) is 21.9. The normalized spacial score (nSPS) is 10.3. The number of carbonyl (C=O) groups excluding carboxylic acids is 1. The van der Waals surface area contributed by atoms with E-state index < -0.39 is 0 Å². The molecule has 31 heavy (non-hydrogen) atoms. The van der Waals surface area contributed by atoms with Gasteiger partial charge < -0.3 is 25.6 Å². The molecule has 0 aliphatic heterocycles. The van der Waals surface area contributed by atoms with Crippen LogP contribution in [0.2, 0.25) is 0 Å². The zero-order valence-corrected chi connectivity index (χ0v) is 18.3. The SMILES string of the molecule is CCN(CC)c1cc(C)nc(Nc2ccc(NC(=O)Nc3ccc(OC)cc3)cc2)n1. The molecule has 2 aromatic carbocycles. The van der Waals surface area contributed by atoms with Gasteiger partial charge >= 0.3 is 6.03 Å². The summed E-state index contributed by atoms with van der Waals surface area (Å²) >= 11 is 0. The Bertz CT molecular complexity index is 1000. The molecule has 8 nitrogen and oxygen atoms in total. The number of rotatable bonds is 8. The molecule has 3 aromatic rings. The molecule has 0 radical (unpaired) electrons. The van der Waals surface area contributed by atoms with E-state index in [-0.39, 0.29) is 6.03 Å². The summed E-state index contributed by atoms with van der Waals surface area (Å²) in [6, 6.07) is 16.2. The van der Waals surface area contributed by atoms with Crippen LogP contribution in [0.5, 0.6) is 5.75 Å². The number of methoxy groups -OCH3 is 1. The second-order valence-corrected chi connectivity index (χ2v) is 6.87. The Morgan fingerprint density at radius 3 is 2.00 bits per heavy atom. The summed E-state index contributed by atoms with van der Waals surface area (Å²) in [4.78, 5) is 23.5. The van der Waals surface area contributed by atoms with Crippen molar-refractivity contribution < 1.29 is 9.53 Å². The third-order valence-corrected chi connectivity index (χ3v) is 4.67. The third-order valence-electron chi connectivity index (χ3n) is 4.67. The molecule has 0 aliphatic carbocycles. The number of hydrogen-bond acceptors (Lipinski definition) is 6. The van der Waals surface area contributed by atoms with E-state index >= 15 is 0 Å². The fourth-order valence-electron chi connectivity index (χ4n) is 3.05. The molecule has 0 aliphatic rings. The molecule has 0 fully saturated rings. The first-order chi connectivity index (χ1) is 15.0. The zero-order valence-electron chi connectivity index (χ0n) is 18.3. The van der Waals surface area contributed by atoms with E-state index in [1.807, 2.05) is 37.3 Å². The van der Waals surface area contributed by atoms with Crippen LogP contribution in [0.25, 0.3) is 0 Å². The van der Waals surface area contributed by atoms with Gasteiger partial charge in [0.25, 0.3) is 0 Å².